The molecule has 2 aromatic heterocycles. The zero-order valence-corrected chi connectivity index (χ0v) is 8.12. The van der Waals surface area contributed by atoms with Gasteiger partial charge in [0.1, 0.15) is 0 Å². The van der Waals surface area contributed by atoms with Gasteiger partial charge in [0.15, 0.2) is 0 Å². The fraction of sp³-hybridized carbons (Fsp3) is 0.182. The molecule has 0 unspecified atom stereocenters. The van der Waals surface area contributed by atoms with Crippen molar-refractivity contribution in [2.45, 2.75) is 13.5 Å². The first-order chi connectivity index (χ1) is 6.81. The molecule has 0 fully saturated rings. The fourth-order valence-electron chi connectivity index (χ4n) is 1.49. The van der Waals surface area contributed by atoms with Crippen molar-refractivity contribution in [3.63, 3.8) is 0 Å². The van der Waals surface area contributed by atoms with E-state index in [-0.39, 0.29) is 0 Å². The van der Waals surface area contributed by atoms with E-state index in [2.05, 4.69) is 16.0 Å². The molecule has 0 aliphatic carbocycles. The maximum atomic E-state index is 5.61. The van der Waals surface area contributed by atoms with Crippen molar-refractivity contribution < 1.29 is 0 Å². The summed E-state index contributed by atoms with van der Waals surface area (Å²) in [5, 5.41) is 0. The van der Waals surface area contributed by atoms with E-state index >= 15 is 0 Å². The number of aryl methyl sites for hydroxylation is 1. The van der Waals surface area contributed by atoms with E-state index in [0.717, 1.165) is 22.5 Å². The Labute approximate surface area is 83.0 Å². The van der Waals surface area contributed by atoms with Gasteiger partial charge in [0.2, 0.25) is 0 Å². The molecule has 72 valence electrons. The Kier molecular flexibility index (Phi) is 2.33. The van der Waals surface area contributed by atoms with Crippen LogP contribution in [0, 0.1) is 6.92 Å². The minimum atomic E-state index is 0.572. The standard InChI is InChI=1S/C11H13N3/c1-8-10(6-12)5-11(14-8)9-3-2-4-13-7-9/h2-5,7,14H,6,12H2,1H3. The molecule has 0 aliphatic heterocycles. The maximum absolute atomic E-state index is 5.61. The van der Waals surface area contributed by atoms with Crippen LogP contribution in [0.15, 0.2) is 30.6 Å². The highest BCUT2D eigenvalue weighted by molar-refractivity contribution is 5.60. The summed E-state index contributed by atoms with van der Waals surface area (Å²) in [4.78, 5) is 7.37. The highest BCUT2D eigenvalue weighted by Gasteiger charge is 2.04. The molecule has 0 aromatic carbocycles. The smallest absolute Gasteiger partial charge is 0.0474 e. The van der Waals surface area contributed by atoms with Crippen molar-refractivity contribution in [1.29, 1.82) is 0 Å². The summed E-state index contributed by atoms with van der Waals surface area (Å²) in [5.74, 6) is 0. The minimum absolute atomic E-state index is 0.572. The Morgan fingerprint density at radius 1 is 1.50 bits per heavy atom. The molecule has 2 rings (SSSR count). The second-order valence-corrected chi connectivity index (χ2v) is 3.28. The summed E-state index contributed by atoms with van der Waals surface area (Å²) >= 11 is 0. The van der Waals surface area contributed by atoms with Crippen LogP contribution in [0.1, 0.15) is 11.3 Å². The first-order valence-corrected chi connectivity index (χ1v) is 4.60. The van der Waals surface area contributed by atoms with E-state index in [1.807, 2.05) is 25.3 Å². The normalized spacial score (nSPS) is 10.4. The van der Waals surface area contributed by atoms with Crippen LogP contribution >= 0.6 is 0 Å². The van der Waals surface area contributed by atoms with Crippen LogP contribution in [0.2, 0.25) is 0 Å². The molecule has 0 amide bonds. The summed E-state index contributed by atoms with van der Waals surface area (Å²) in [6, 6.07) is 6.03. The second-order valence-electron chi connectivity index (χ2n) is 3.28. The largest absolute Gasteiger partial charge is 0.358 e. The van der Waals surface area contributed by atoms with Gasteiger partial charge in [-0.05, 0) is 30.7 Å². The van der Waals surface area contributed by atoms with Gasteiger partial charge in [-0.3, -0.25) is 4.98 Å². The molecule has 0 saturated carbocycles. The van der Waals surface area contributed by atoms with Crippen molar-refractivity contribution in [2.75, 3.05) is 0 Å². The molecule has 0 radical (unpaired) electrons. The van der Waals surface area contributed by atoms with Crippen LogP contribution < -0.4 is 5.73 Å². The molecule has 2 heterocycles. The van der Waals surface area contributed by atoms with Gasteiger partial charge in [0.05, 0.1) is 0 Å². The lowest BCUT2D eigenvalue weighted by Crippen LogP contribution is -1.95. The minimum Gasteiger partial charge on any atom is -0.358 e. The fourth-order valence-corrected chi connectivity index (χ4v) is 1.49. The first kappa shape index (κ1) is 8.97. The van der Waals surface area contributed by atoms with Crippen LogP contribution in [-0.4, -0.2) is 9.97 Å². The molecule has 14 heavy (non-hydrogen) atoms. The number of nitrogens with two attached hydrogens (primary N) is 1. The van der Waals surface area contributed by atoms with Crippen LogP contribution in [0.4, 0.5) is 0 Å². The van der Waals surface area contributed by atoms with E-state index in [4.69, 9.17) is 5.73 Å². The van der Waals surface area contributed by atoms with Gasteiger partial charge >= 0.3 is 0 Å². The van der Waals surface area contributed by atoms with Gasteiger partial charge in [-0.1, -0.05) is 0 Å². The predicted molar refractivity (Wildman–Crippen MR) is 56.7 cm³/mol. The third-order valence-electron chi connectivity index (χ3n) is 2.31. The molecule has 0 aliphatic rings. The number of H-pyrrole nitrogens is 1. The maximum Gasteiger partial charge on any atom is 0.0474 e. The Hall–Kier alpha value is -1.61. The van der Waals surface area contributed by atoms with Crippen LogP contribution in [0.5, 0.6) is 0 Å². The average Bonchev–Trinajstić information content (AvgIpc) is 2.61. The van der Waals surface area contributed by atoms with Crippen molar-refractivity contribution in [3.8, 4) is 11.3 Å². The highest BCUT2D eigenvalue weighted by atomic mass is 14.7. The molecule has 0 saturated heterocycles. The number of pyridine rings is 1. The Morgan fingerprint density at radius 2 is 2.36 bits per heavy atom. The van der Waals surface area contributed by atoms with Crippen molar-refractivity contribution in [2.24, 2.45) is 5.73 Å². The average molecular weight is 187 g/mol. The molecule has 0 atom stereocenters. The van der Waals surface area contributed by atoms with E-state index in [1.54, 1.807) is 6.20 Å². The summed E-state index contributed by atoms with van der Waals surface area (Å²) in [7, 11) is 0. The van der Waals surface area contributed by atoms with E-state index in [9.17, 15) is 0 Å². The molecule has 2 aromatic rings. The highest BCUT2D eigenvalue weighted by Crippen LogP contribution is 2.20. The number of hydrogen-bond acceptors (Lipinski definition) is 2. The summed E-state index contributed by atoms with van der Waals surface area (Å²) in [6.07, 6.45) is 3.61. The van der Waals surface area contributed by atoms with Crippen LogP contribution in [0.25, 0.3) is 11.3 Å². The van der Waals surface area contributed by atoms with Crippen LogP contribution in [0.3, 0.4) is 0 Å². The second kappa shape index (κ2) is 3.64. The van der Waals surface area contributed by atoms with Gasteiger partial charge in [0, 0.05) is 35.9 Å². The number of rotatable bonds is 2. The molecule has 0 spiro atoms. The monoisotopic (exact) mass is 187 g/mol. The quantitative estimate of drug-likeness (QED) is 0.753. The first-order valence-electron chi connectivity index (χ1n) is 4.60. The third kappa shape index (κ3) is 1.54. The molecular formula is C11H13N3. The lowest BCUT2D eigenvalue weighted by molar-refractivity contribution is 1.04. The van der Waals surface area contributed by atoms with Crippen molar-refractivity contribution in [3.05, 3.63) is 41.9 Å². The lowest BCUT2D eigenvalue weighted by Gasteiger charge is -1.94. The number of nitrogens with one attached hydrogen (secondary N) is 1. The number of hydrogen-bond donors (Lipinski definition) is 2. The van der Waals surface area contributed by atoms with E-state index in [0.29, 0.717) is 6.54 Å². The van der Waals surface area contributed by atoms with Gasteiger partial charge in [-0.25, -0.2) is 0 Å². The van der Waals surface area contributed by atoms with Crippen molar-refractivity contribution in [1.82, 2.24) is 9.97 Å². The molecule has 3 nitrogen and oxygen atoms in total. The van der Waals surface area contributed by atoms with E-state index < -0.39 is 0 Å². The topological polar surface area (TPSA) is 54.7 Å². The third-order valence-corrected chi connectivity index (χ3v) is 2.31. The van der Waals surface area contributed by atoms with E-state index in [1.165, 1.54) is 0 Å². The van der Waals surface area contributed by atoms with Crippen LogP contribution in [-0.2, 0) is 6.54 Å². The zero-order chi connectivity index (χ0) is 9.97. The lowest BCUT2D eigenvalue weighted by atomic mass is 10.2. The number of nitrogens with zero attached hydrogens (tertiary/aromatic N) is 1. The van der Waals surface area contributed by atoms with Gasteiger partial charge < -0.3 is 10.7 Å². The predicted octanol–water partition coefficient (Wildman–Crippen LogP) is 1.84. The summed E-state index contributed by atoms with van der Waals surface area (Å²) < 4.78 is 0. The van der Waals surface area contributed by atoms with Gasteiger partial charge in [-0.15, -0.1) is 0 Å². The Bertz CT molecular complexity index is 417. The Morgan fingerprint density at radius 3 is 2.93 bits per heavy atom. The SMILES string of the molecule is Cc1[nH]c(-c2cccnc2)cc1CN. The molecular weight excluding hydrogens is 174 g/mol. The summed E-state index contributed by atoms with van der Waals surface area (Å²) in [5.41, 5.74) is 10.1. The molecule has 0 bridgehead atoms. The molecule has 3 heteroatoms. The van der Waals surface area contributed by atoms with Gasteiger partial charge in [0.25, 0.3) is 0 Å². The van der Waals surface area contributed by atoms with Gasteiger partial charge in [-0.2, -0.15) is 0 Å². The number of aromatic nitrogens is 2. The molecule has 3 N–H and O–H groups in total. The summed E-state index contributed by atoms with van der Waals surface area (Å²) in [6.45, 7) is 2.60. The van der Waals surface area contributed by atoms with Crippen molar-refractivity contribution >= 4 is 0 Å². The zero-order valence-electron chi connectivity index (χ0n) is 8.12. The number of aromatic amines is 1. The Balaban J connectivity index is 2.43.